The number of rotatable bonds is 22. The number of nitrogens with one attached hydrogen (secondary N) is 7. The van der Waals surface area contributed by atoms with Crippen LogP contribution in [0.15, 0.2) is 224 Å². The lowest BCUT2D eigenvalue weighted by atomic mass is 9.96. The molecule has 5 aliphatic heterocycles. The highest BCUT2D eigenvalue weighted by molar-refractivity contribution is 7.18. The lowest BCUT2D eigenvalue weighted by Crippen LogP contribution is -2.35. The number of aryl methyl sites for hydroxylation is 2. The summed E-state index contributed by atoms with van der Waals surface area (Å²) in [5.74, 6) is 6.88. The minimum atomic E-state index is -0.503. The number of halogens is 5. The molecule has 27 rings (SSSR count). The number of hydrogen-bond acceptors (Lipinski definition) is 23. The highest BCUT2D eigenvalue weighted by Gasteiger charge is 2.34. The second kappa shape index (κ2) is 42.0. The van der Waals surface area contributed by atoms with Crippen LogP contribution in [0.1, 0.15) is 155 Å². The number of thiazole rings is 1. The molecule has 1 saturated carbocycles. The van der Waals surface area contributed by atoms with Gasteiger partial charge in [-0.25, -0.2) is 46.9 Å². The number of aromatic nitrogens is 23. The van der Waals surface area contributed by atoms with E-state index >= 15 is 0 Å². The molecule has 0 bridgehead atoms. The SMILES string of the molecule is COc1cccc(F)c1CN1CCC[C@@H](c2nc(-c3ccc4[nH]nc(-c5ccncc5)c4c3)nn2C)C1.Cc1nc2ccc(-c3n[nH]c4ccc(-c5n[nH]c([C@@H]6CCCN(Cc7cccs7)C6)n5)cc34)cc2s1.Fc1cccc(F)c1CN1CCC[C@@H](c2nc(-c3ccc4[nH]nc(-c5ccc6c(c5)CCO6)c4c3)n[nH]2)C1.Fc1cccc(F)c1CN1CCC[C@@H](c2nc(-c3ccc4[nH]nc(-c5ccnc(C6CC6)c5)c4c3)n[nH]2)C1. The Bertz CT molecular complexity index is 8370. The van der Waals surface area contributed by atoms with Crippen molar-refractivity contribution < 1.29 is 31.4 Å². The van der Waals surface area contributed by atoms with Crippen LogP contribution in [0.2, 0.25) is 0 Å². The van der Waals surface area contributed by atoms with Gasteiger partial charge in [0.05, 0.1) is 62.4 Å². The monoisotopic (exact) mass is 2030 g/mol. The van der Waals surface area contributed by atoms with E-state index in [1.54, 1.807) is 36.9 Å². The van der Waals surface area contributed by atoms with Gasteiger partial charge in [0.1, 0.15) is 75.3 Å². The molecule has 0 spiro atoms. The molecule has 21 aromatic rings. The van der Waals surface area contributed by atoms with E-state index in [0.717, 1.165) is 266 Å². The highest BCUT2D eigenvalue weighted by atomic mass is 32.1. The van der Waals surface area contributed by atoms with Gasteiger partial charge in [0, 0.05) is 207 Å². The van der Waals surface area contributed by atoms with Gasteiger partial charge in [0.25, 0.3) is 0 Å². The molecule has 4 atom stereocenters. The standard InChI is InChI=1S/C29H27F2N7.C29H26F2N6O.C28H28FN7O.C27H25N7S2/c30-23-4-1-5-24(31)22(23)16-38-12-2-3-20(15-38)29-33-28(36-37-29)19-8-9-25-21(13-19)27(35-34-25)18-10-11-32-26(14-18)17-6-7-17;30-23-4-1-5-24(31)22(23)16-37-11-2-3-20(15-37)29-32-28(35-36-29)19-6-8-25-21(14-19)27(34-33-25)18-7-9-26-17(13-18)10-12-38-26;1-35-28(20-5-4-14-36(16-20)17-22-23(29)6-3-7-25(22)37-2)31-27(34-35)19-8-9-24-21(15-19)26(33-32-24)18-10-12-30-13-11-18;1-16-28-23-9-6-17(13-24(23)36-16)25-21-12-18(7-8-22(21)30-31-25)26-29-27(33-32-26)19-4-2-10-34(14-19)15-20-5-3-11-35-20/h1,4-5,8-11,13-14,17,20H,2-3,6-7,12,15-16H2,(H,34,35)(H,33,36,37);1,4-9,13-14,20H,2-3,10-12,15-16H2,(H,33,34)(H,32,35,36);3,6-13,15,20H,4-5,14,16-17H2,1-2H3,(H,32,33);3,5-9,11-13,19H,2,4,10,14-15H2,1H3,(H,30,31)(H,29,32,33)/t3*20-;19-/m1111/s1. The number of thiophene rings is 1. The molecule has 149 heavy (non-hydrogen) atoms. The molecule has 4 saturated heterocycles. The van der Waals surface area contributed by atoms with Crippen LogP contribution in [-0.4, -0.2) is 202 Å². The van der Waals surface area contributed by atoms with E-state index in [4.69, 9.17) is 34.5 Å². The number of ether oxygens (including phenoxy) is 2. The number of fused-ring (bicyclic) bond motifs is 6. The highest BCUT2D eigenvalue weighted by Crippen LogP contribution is 2.44. The van der Waals surface area contributed by atoms with Crippen molar-refractivity contribution in [2.24, 2.45) is 7.05 Å². The second-order valence-electron chi connectivity index (χ2n) is 39.4. The van der Waals surface area contributed by atoms with Crippen LogP contribution in [0.5, 0.6) is 11.5 Å². The van der Waals surface area contributed by atoms with Gasteiger partial charge in [0.15, 0.2) is 23.3 Å². The topological polar surface area (TPSA) is 340 Å². The zero-order valence-electron chi connectivity index (χ0n) is 82.2. The van der Waals surface area contributed by atoms with Gasteiger partial charge in [-0.05, 0) is 278 Å². The fourth-order valence-electron chi connectivity index (χ4n) is 21.6. The minimum absolute atomic E-state index is 0.113. The van der Waals surface area contributed by atoms with Gasteiger partial charge in [0.2, 0.25) is 0 Å². The van der Waals surface area contributed by atoms with Crippen molar-refractivity contribution in [3.05, 3.63) is 314 Å². The van der Waals surface area contributed by atoms with Gasteiger partial charge in [-0.15, -0.1) is 22.7 Å². The summed E-state index contributed by atoms with van der Waals surface area (Å²) in [5, 5.41) is 66.2. The maximum Gasteiger partial charge on any atom is 0.181 e. The Hall–Kier alpha value is -15.6. The van der Waals surface area contributed by atoms with Crippen LogP contribution < -0.4 is 9.47 Å². The number of likely N-dealkylation sites (tertiary alicyclic amines) is 4. The number of nitrogens with zero attached hydrogens (tertiary/aromatic N) is 20. The van der Waals surface area contributed by atoms with Crippen LogP contribution in [0.3, 0.4) is 0 Å². The predicted molar refractivity (Wildman–Crippen MR) is 566 cm³/mol. The summed E-state index contributed by atoms with van der Waals surface area (Å²) in [6.45, 7) is 11.5. The summed E-state index contributed by atoms with van der Waals surface area (Å²) in [4.78, 5) is 43.2. The molecule has 12 aromatic heterocycles. The minimum Gasteiger partial charge on any atom is -0.496 e. The molecule has 0 unspecified atom stereocenters. The van der Waals surface area contributed by atoms with Crippen molar-refractivity contribution in [3.8, 4) is 102 Å². The van der Waals surface area contributed by atoms with Crippen LogP contribution in [-0.2, 0) is 39.6 Å². The zero-order chi connectivity index (χ0) is 101. The van der Waals surface area contributed by atoms with Crippen molar-refractivity contribution in [1.29, 1.82) is 0 Å². The molecule has 0 amide bonds. The molecule has 36 heteroatoms. The smallest absolute Gasteiger partial charge is 0.181 e. The first-order valence-electron chi connectivity index (χ1n) is 50.8. The van der Waals surface area contributed by atoms with E-state index in [9.17, 15) is 22.0 Å². The number of piperidine rings is 4. The van der Waals surface area contributed by atoms with Gasteiger partial charge < -0.3 is 9.47 Å². The third-order valence-corrected chi connectivity index (χ3v) is 31.2. The van der Waals surface area contributed by atoms with Crippen LogP contribution >= 0.6 is 22.7 Å². The van der Waals surface area contributed by atoms with Crippen molar-refractivity contribution in [3.63, 3.8) is 0 Å². The first-order valence-corrected chi connectivity index (χ1v) is 52.5. The van der Waals surface area contributed by atoms with Gasteiger partial charge in [-0.2, -0.15) is 40.8 Å². The summed E-state index contributed by atoms with van der Waals surface area (Å²) < 4.78 is 85.4. The fourth-order valence-corrected chi connectivity index (χ4v) is 23.2. The quantitative estimate of drug-likeness (QED) is 0.0310. The van der Waals surface area contributed by atoms with Crippen LogP contribution in [0, 0.1) is 36.0 Å². The van der Waals surface area contributed by atoms with E-state index in [-0.39, 0.29) is 47.8 Å². The van der Waals surface area contributed by atoms with E-state index in [1.807, 2.05) is 109 Å². The molecule has 5 fully saturated rings. The Labute approximate surface area is 861 Å². The van der Waals surface area contributed by atoms with E-state index in [2.05, 4.69) is 190 Å². The fraction of sp³-hybridized carbons (Fsp3) is 0.283. The molecular weight excluding hydrogens is 1930 g/mol. The Morgan fingerprint density at radius 3 is 1.34 bits per heavy atom. The molecular formula is C113H106F5N27O2S2. The zero-order valence-corrected chi connectivity index (χ0v) is 83.8. The van der Waals surface area contributed by atoms with Gasteiger partial charge in [-0.3, -0.25) is 69.9 Å². The number of hydrogen-bond donors (Lipinski definition) is 7. The molecule has 7 N–H and O–H groups in total. The Morgan fingerprint density at radius 1 is 0.396 bits per heavy atom. The summed E-state index contributed by atoms with van der Waals surface area (Å²) in [5.41, 5.74) is 19.6. The Balaban J connectivity index is 0.000000106. The van der Waals surface area contributed by atoms with Crippen molar-refractivity contribution in [1.82, 2.24) is 136 Å². The molecule has 9 aromatic carbocycles. The molecule has 6 aliphatic rings. The lowest BCUT2D eigenvalue weighted by molar-refractivity contribution is 0.190. The van der Waals surface area contributed by atoms with Crippen LogP contribution in [0.25, 0.3) is 144 Å². The Morgan fingerprint density at radius 2 is 0.839 bits per heavy atom. The Kier molecular flexibility index (Phi) is 26.9. The maximum atomic E-state index is 14.5. The summed E-state index contributed by atoms with van der Waals surface area (Å²) >= 11 is 3.54. The average molecular weight is 2030 g/mol. The van der Waals surface area contributed by atoms with Gasteiger partial charge >= 0.3 is 0 Å². The third kappa shape index (κ3) is 20.5. The average Bonchev–Trinajstić information content (AvgIpc) is 1.65. The first-order chi connectivity index (χ1) is 73.0. The summed E-state index contributed by atoms with van der Waals surface area (Å²) in [6, 6.07) is 62.5. The number of pyridine rings is 2. The number of aromatic amines is 7. The van der Waals surface area contributed by atoms with E-state index in [0.29, 0.717) is 60.3 Å². The van der Waals surface area contributed by atoms with Crippen molar-refractivity contribution in [2.45, 2.75) is 133 Å². The van der Waals surface area contributed by atoms with E-state index < -0.39 is 23.3 Å². The van der Waals surface area contributed by atoms with Crippen LogP contribution in [0.4, 0.5) is 22.0 Å². The largest absolute Gasteiger partial charge is 0.496 e. The predicted octanol–water partition coefficient (Wildman–Crippen LogP) is 22.9. The summed E-state index contributed by atoms with van der Waals surface area (Å²) in [6.07, 6.45) is 16.8. The molecule has 0 radical (unpaired) electrons. The molecule has 1 aliphatic carbocycles. The van der Waals surface area contributed by atoms with Crippen molar-refractivity contribution in [2.75, 3.05) is 66.1 Å². The summed E-state index contributed by atoms with van der Waals surface area (Å²) in [7, 11) is 3.53. The van der Waals surface area contributed by atoms with E-state index in [1.165, 1.54) is 76.9 Å². The maximum absolute atomic E-state index is 14.5. The number of H-pyrrole nitrogens is 7. The number of methoxy groups -OCH3 is 1. The third-order valence-electron chi connectivity index (χ3n) is 29.4. The lowest BCUT2D eigenvalue weighted by Gasteiger charge is -2.32. The normalized spacial score (nSPS) is 17.3. The number of benzene rings is 9. The van der Waals surface area contributed by atoms with Gasteiger partial charge in [-0.1, -0.05) is 30.3 Å². The van der Waals surface area contributed by atoms with Crippen molar-refractivity contribution >= 4 is 76.5 Å². The molecule has 752 valence electrons. The molecule has 29 nitrogen and oxygen atoms in total. The first kappa shape index (κ1) is 95.6. The second-order valence-corrected chi connectivity index (χ2v) is 41.7. The molecule has 17 heterocycles.